The lowest BCUT2D eigenvalue weighted by atomic mass is 10.2. The summed E-state index contributed by atoms with van der Waals surface area (Å²) in [4.78, 5) is 15.0. The summed E-state index contributed by atoms with van der Waals surface area (Å²) in [6, 6.07) is 12.4. The van der Waals surface area contributed by atoms with Crippen molar-refractivity contribution in [2.45, 2.75) is 29.6 Å². The molecule has 1 amide bonds. The topological polar surface area (TPSA) is 66.5 Å². The summed E-state index contributed by atoms with van der Waals surface area (Å²) >= 11 is 7.41. The second-order valence-corrected chi connectivity index (χ2v) is 9.51. The fourth-order valence-corrected chi connectivity index (χ4v) is 5.06. The highest BCUT2D eigenvalue weighted by Gasteiger charge is 2.25. The van der Waals surface area contributed by atoms with Crippen molar-refractivity contribution in [2.24, 2.45) is 0 Å². The van der Waals surface area contributed by atoms with Crippen LogP contribution in [0, 0.1) is 0 Å². The minimum Gasteiger partial charge on any atom is -0.312 e. The van der Waals surface area contributed by atoms with Gasteiger partial charge in [0.15, 0.2) is 0 Å². The molecule has 0 atom stereocenters. The largest absolute Gasteiger partial charge is 0.312 e. The zero-order valence-corrected chi connectivity index (χ0v) is 17.3. The van der Waals surface area contributed by atoms with E-state index in [4.69, 9.17) is 11.6 Å². The molecule has 27 heavy (non-hydrogen) atoms. The molecule has 1 aliphatic heterocycles. The molecule has 0 spiro atoms. The second kappa shape index (κ2) is 8.65. The van der Waals surface area contributed by atoms with Gasteiger partial charge in [-0.25, -0.2) is 13.1 Å². The minimum absolute atomic E-state index is 0.0571. The standard InChI is InChI=1S/C19H21ClN2O3S2/c1-2-19(23)22-11-9-14-13-17(7-8-18(14)22)27(24,25)21-10-12-26-16-5-3-15(20)4-6-16/h3-8,13,21H,2,9-12H2,1H3. The first-order valence-corrected chi connectivity index (χ1v) is 11.6. The van der Waals surface area contributed by atoms with Gasteiger partial charge in [-0.2, -0.15) is 0 Å². The predicted molar refractivity (Wildman–Crippen MR) is 110 cm³/mol. The van der Waals surface area contributed by atoms with Gasteiger partial charge in [-0.1, -0.05) is 18.5 Å². The lowest BCUT2D eigenvalue weighted by Crippen LogP contribution is -2.28. The van der Waals surface area contributed by atoms with E-state index in [0.717, 1.165) is 16.1 Å². The van der Waals surface area contributed by atoms with Crippen LogP contribution in [0.25, 0.3) is 0 Å². The number of carbonyl (C=O) groups excluding carboxylic acids is 1. The molecule has 0 saturated carbocycles. The average Bonchev–Trinajstić information content (AvgIpc) is 3.09. The smallest absolute Gasteiger partial charge is 0.240 e. The third kappa shape index (κ3) is 4.85. The molecule has 0 aromatic heterocycles. The molecule has 1 aliphatic rings. The number of amides is 1. The van der Waals surface area contributed by atoms with Crippen molar-refractivity contribution in [1.82, 2.24) is 4.72 Å². The molecule has 0 fully saturated rings. The highest BCUT2D eigenvalue weighted by molar-refractivity contribution is 7.99. The Morgan fingerprint density at radius 2 is 1.96 bits per heavy atom. The average molecular weight is 425 g/mol. The Morgan fingerprint density at radius 1 is 1.22 bits per heavy atom. The van der Waals surface area contributed by atoms with E-state index in [1.165, 1.54) is 0 Å². The van der Waals surface area contributed by atoms with Gasteiger partial charge in [0.05, 0.1) is 4.90 Å². The van der Waals surface area contributed by atoms with E-state index in [1.54, 1.807) is 34.9 Å². The van der Waals surface area contributed by atoms with E-state index in [-0.39, 0.29) is 10.8 Å². The Bertz CT molecular complexity index is 930. The van der Waals surface area contributed by atoms with Crippen LogP contribution < -0.4 is 9.62 Å². The fourth-order valence-electron chi connectivity index (χ4n) is 2.95. The molecular weight excluding hydrogens is 404 g/mol. The number of halogens is 1. The third-order valence-electron chi connectivity index (χ3n) is 4.34. The molecule has 2 aromatic carbocycles. The molecule has 0 bridgehead atoms. The number of sulfonamides is 1. The van der Waals surface area contributed by atoms with Gasteiger partial charge >= 0.3 is 0 Å². The van der Waals surface area contributed by atoms with E-state index >= 15 is 0 Å². The molecule has 0 saturated heterocycles. The third-order valence-corrected chi connectivity index (χ3v) is 7.06. The number of benzene rings is 2. The summed E-state index contributed by atoms with van der Waals surface area (Å²) in [5, 5.41) is 0.677. The van der Waals surface area contributed by atoms with Gasteiger partial charge in [0, 0.05) is 40.9 Å². The lowest BCUT2D eigenvalue weighted by molar-refractivity contribution is -0.118. The van der Waals surface area contributed by atoms with E-state index in [0.29, 0.717) is 36.7 Å². The molecule has 0 radical (unpaired) electrons. The predicted octanol–water partition coefficient (Wildman–Crippen LogP) is 3.71. The van der Waals surface area contributed by atoms with Crippen molar-refractivity contribution in [3.63, 3.8) is 0 Å². The van der Waals surface area contributed by atoms with Crippen molar-refractivity contribution < 1.29 is 13.2 Å². The summed E-state index contributed by atoms with van der Waals surface area (Å²) < 4.78 is 27.7. The van der Waals surface area contributed by atoms with Crippen LogP contribution in [0.3, 0.4) is 0 Å². The van der Waals surface area contributed by atoms with Gasteiger partial charge in [-0.3, -0.25) is 4.79 Å². The number of anilines is 1. The van der Waals surface area contributed by atoms with E-state index in [1.807, 2.05) is 31.2 Å². The summed E-state index contributed by atoms with van der Waals surface area (Å²) in [5.41, 5.74) is 1.72. The van der Waals surface area contributed by atoms with Crippen LogP contribution in [0.5, 0.6) is 0 Å². The monoisotopic (exact) mass is 424 g/mol. The number of thioether (sulfide) groups is 1. The van der Waals surface area contributed by atoms with Crippen molar-refractivity contribution >= 4 is 45.0 Å². The summed E-state index contributed by atoms with van der Waals surface area (Å²) in [5.74, 6) is 0.673. The molecule has 5 nitrogen and oxygen atoms in total. The Kier molecular flexibility index (Phi) is 6.47. The van der Waals surface area contributed by atoms with Crippen molar-refractivity contribution in [3.8, 4) is 0 Å². The van der Waals surface area contributed by atoms with Crippen LogP contribution in [0.1, 0.15) is 18.9 Å². The first-order chi connectivity index (χ1) is 12.9. The summed E-state index contributed by atoms with van der Waals surface area (Å²) in [6.45, 7) is 2.76. The van der Waals surface area contributed by atoms with Crippen LogP contribution in [-0.2, 0) is 21.2 Å². The molecular formula is C19H21ClN2O3S2. The Morgan fingerprint density at radius 3 is 2.67 bits per heavy atom. The van der Waals surface area contributed by atoms with Gasteiger partial charge in [-0.05, 0) is 54.4 Å². The van der Waals surface area contributed by atoms with E-state index in [9.17, 15) is 13.2 Å². The van der Waals surface area contributed by atoms with Gasteiger partial charge < -0.3 is 4.90 Å². The maximum atomic E-state index is 12.5. The zero-order chi connectivity index (χ0) is 19.4. The van der Waals surface area contributed by atoms with Crippen molar-refractivity contribution in [1.29, 1.82) is 0 Å². The normalized spacial score (nSPS) is 13.6. The number of hydrogen-bond acceptors (Lipinski definition) is 4. The number of hydrogen-bond donors (Lipinski definition) is 1. The van der Waals surface area contributed by atoms with Crippen LogP contribution in [0.15, 0.2) is 52.3 Å². The molecule has 8 heteroatoms. The Balaban J connectivity index is 1.60. The van der Waals surface area contributed by atoms with Crippen molar-refractivity contribution in [3.05, 3.63) is 53.1 Å². The molecule has 3 rings (SSSR count). The maximum Gasteiger partial charge on any atom is 0.240 e. The number of fused-ring (bicyclic) bond motifs is 1. The van der Waals surface area contributed by atoms with Gasteiger partial charge in [-0.15, -0.1) is 11.8 Å². The first kappa shape index (κ1) is 20.2. The number of nitrogens with zero attached hydrogens (tertiary/aromatic N) is 1. The van der Waals surface area contributed by atoms with Gasteiger partial charge in [0.2, 0.25) is 15.9 Å². The van der Waals surface area contributed by atoms with Crippen LogP contribution in [0.4, 0.5) is 5.69 Å². The maximum absolute atomic E-state index is 12.5. The van der Waals surface area contributed by atoms with E-state index in [2.05, 4.69) is 4.72 Å². The van der Waals surface area contributed by atoms with Crippen LogP contribution in [-0.4, -0.2) is 33.2 Å². The lowest BCUT2D eigenvalue weighted by Gasteiger charge is -2.16. The zero-order valence-electron chi connectivity index (χ0n) is 14.9. The SMILES string of the molecule is CCC(=O)N1CCc2cc(S(=O)(=O)NCCSc3ccc(Cl)cc3)ccc21. The fraction of sp³-hybridized carbons (Fsp3) is 0.316. The molecule has 2 aromatic rings. The highest BCUT2D eigenvalue weighted by Crippen LogP contribution is 2.30. The molecule has 0 aliphatic carbocycles. The first-order valence-electron chi connectivity index (χ1n) is 8.72. The minimum atomic E-state index is -3.57. The second-order valence-electron chi connectivity index (χ2n) is 6.14. The number of carbonyl (C=O) groups is 1. The van der Waals surface area contributed by atoms with Crippen LogP contribution in [0.2, 0.25) is 5.02 Å². The molecule has 144 valence electrons. The quantitative estimate of drug-likeness (QED) is 0.543. The number of nitrogens with one attached hydrogen (secondary N) is 1. The Labute approximate surface area is 169 Å². The molecule has 1 heterocycles. The van der Waals surface area contributed by atoms with Gasteiger partial charge in [0.25, 0.3) is 0 Å². The van der Waals surface area contributed by atoms with Crippen LogP contribution >= 0.6 is 23.4 Å². The summed E-state index contributed by atoms with van der Waals surface area (Å²) in [6.07, 6.45) is 1.11. The Hall–Kier alpha value is -1.54. The molecule has 1 N–H and O–H groups in total. The highest BCUT2D eigenvalue weighted by atomic mass is 35.5. The summed E-state index contributed by atoms with van der Waals surface area (Å²) in [7, 11) is -3.57. The van der Waals surface area contributed by atoms with Gasteiger partial charge in [0.1, 0.15) is 0 Å². The molecule has 0 unspecified atom stereocenters. The number of rotatable bonds is 7. The van der Waals surface area contributed by atoms with Crippen molar-refractivity contribution in [2.75, 3.05) is 23.7 Å². The van der Waals surface area contributed by atoms with E-state index < -0.39 is 10.0 Å².